The second-order valence-electron chi connectivity index (χ2n) is 10.2. The molecule has 2 heterocycles. The van der Waals surface area contributed by atoms with Crippen molar-refractivity contribution in [2.75, 3.05) is 13.1 Å². The predicted molar refractivity (Wildman–Crippen MR) is 108 cm³/mol. The Kier molecular flexibility index (Phi) is 5.46. The van der Waals surface area contributed by atoms with Crippen molar-refractivity contribution < 1.29 is 36.4 Å². The minimum absolute atomic E-state index is 0.179. The fourth-order valence-corrected chi connectivity index (χ4v) is 3.48. The molecule has 1 aromatic rings. The topological polar surface area (TPSA) is 48.0 Å². The molecular weight excluding hydrogens is 417 g/mol. The average Bonchev–Trinajstić information content (AvgIpc) is 2.76. The van der Waals surface area contributed by atoms with Gasteiger partial charge in [-0.3, -0.25) is 0 Å². The van der Waals surface area contributed by atoms with Gasteiger partial charge in [0.25, 0.3) is 0 Å². The SMILES string of the molecule is CC(C)(C)OC(=O)N1CC(F)(c2cc(C(F)(F)F)ccc2B2OC(C)(C)C(C)(C)O2)C1. The van der Waals surface area contributed by atoms with E-state index >= 15 is 4.39 Å². The van der Waals surface area contributed by atoms with Crippen LogP contribution in [0.4, 0.5) is 22.4 Å². The molecule has 1 aromatic carbocycles. The number of nitrogens with zero attached hydrogens (tertiary/aromatic N) is 1. The van der Waals surface area contributed by atoms with Crippen LogP contribution in [0.5, 0.6) is 0 Å². The van der Waals surface area contributed by atoms with Crippen molar-refractivity contribution in [1.29, 1.82) is 0 Å². The van der Waals surface area contributed by atoms with Crippen LogP contribution in [0.15, 0.2) is 18.2 Å². The van der Waals surface area contributed by atoms with Crippen LogP contribution < -0.4 is 5.46 Å². The Labute approximate surface area is 180 Å². The maximum atomic E-state index is 15.8. The van der Waals surface area contributed by atoms with Crippen molar-refractivity contribution in [1.82, 2.24) is 4.90 Å². The monoisotopic (exact) mass is 445 g/mol. The van der Waals surface area contributed by atoms with E-state index in [-0.39, 0.29) is 11.0 Å². The van der Waals surface area contributed by atoms with Crippen molar-refractivity contribution >= 4 is 18.7 Å². The summed E-state index contributed by atoms with van der Waals surface area (Å²) in [5, 5.41) is 0. The van der Waals surface area contributed by atoms with Crippen LogP contribution in [-0.4, -0.2) is 48.0 Å². The van der Waals surface area contributed by atoms with E-state index in [1.54, 1.807) is 48.5 Å². The smallest absolute Gasteiger partial charge is 0.444 e. The number of hydrogen-bond donors (Lipinski definition) is 0. The molecule has 5 nitrogen and oxygen atoms in total. The molecule has 0 aromatic heterocycles. The zero-order valence-corrected chi connectivity index (χ0v) is 18.8. The first-order valence-electron chi connectivity index (χ1n) is 10.1. The normalized spacial score (nSPS) is 22.3. The Morgan fingerprint density at radius 3 is 2.03 bits per heavy atom. The Morgan fingerprint density at radius 1 is 1.06 bits per heavy atom. The van der Waals surface area contributed by atoms with Gasteiger partial charge >= 0.3 is 19.4 Å². The van der Waals surface area contributed by atoms with E-state index < -0.39 is 60.5 Å². The molecule has 0 atom stereocenters. The van der Waals surface area contributed by atoms with Gasteiger partial charge in [-0.15, -0.1) is 0 Å². The molecule has 0 aliphatic carbocycles. The molecule has 31 heavy (non-hydrogen) atoms. The number of carbonyl (C=O) groups excluding carboxylic acids is 1. The number of likely N-dealkylation sites (tertiary alicyclic amines) is 1. The van der Waals surface area contributed by atoms with Gasteiger partial charge in [-0.2, -0.15) is 13.2 Å². The lowest BCUT2D eigenvalue weighted by atomic mass is 9.70. The maximum Gasteiger partial charge on any atom is 0.495 e. The van der Waals surface area contributed by atoms with E-state index in [1.807, 2.05) is 0 Å². The highest BCUT2D eigenvalue weighted by atomic mass is 19.4. The fraction of sp³-hybridized carbons (Fsp3) is 0.667. The molecule has 10 heteroatoms. The lowest BCUT2D eigenvalue weighted by Crippen LogP contribution is -2.61. The summed E-state index contributed by atoms with van der Waals surface area (Å²) in [6, 6.07) is 2.86. The molecule has 172 valence electrons. The van der Waals surface area contributed by atoms with Gasteiger partial charge in [-0.05, 0) is 65.6 Å². The van der Waals surface area contributed by atoms with Crippen LogP contribution in [0.1, 0.15) is 59.6 Å². The summed E-state index contributed by atoms with van der Waals surface area (Å²) in [5.74, 6) is 0. The Balaban J connectivity index is 1.94. The van der Waals surface area contributed by atoms with Crippen molar-refractivity contribution in [2.45, 2.75) is 77.1 Å². The molecule has 0 radical (unpaired) electrons. The summed E-state index contributed by atoms with van der Waals surface area (Å²) in [7, 11) is -1.04. The molecule has 3 rings (SSSR count). The van der Waals surface area contributed by atoms with Crippen LogP contribution in [0.2, 0.25) is 0 Å². The third-order valence-electron chi connectivity index (χ3n) is 5.91. The van der Waals surface area contributed by atoms with Crippen LogP contribution in [0, 0.1) is 0 Å². The first-order valence-corrected chi connectivity index (χ1v) is 10.1. The molecule has 2 aliphatic rings. The van der Waals surface area contributed by atoms with Crippen LogP contribution >= 0.6 is 0 Å². The number of carbonyl (C=O) groups is 1. The molecule has 2 saturated heterocycles. The Morgan fingerprint density at radius 2 is 1.58 bits per heavy atom. The predicted octanol–water partition coefficient (Wildman–Crippen LogP) is 4.42. The van der Waals surface area contributed by atoms with Gasteiger partial charge < -0.3 is 18.9 Å². The summed E-state index contributed by atoms with van der Waals surface area (Å²) in [5.41, 5.74) is -5.44. The molecule has 0 unspecified atom stereocenters. The second-order valence-corrected chi connectivity index (χ2v) is 10.2. The molecule has 0 N–H and O–H groups in total. The number of benzene rings is 1. The standard InChI is InChI=1S/C21H28BF4NO4/c1-17(2,3)29-16(28)27-11-20(23,12-27)14-10-13(21(24,25)26)8-9-15(14)22-30-18(4,5)19(6,7)31-22/h8-10H,11-12H2,1-7H3. The van der Waals surface area contributed by atoms with Crippen LogP contribution in [0.25, 0.3) is 0 Å². The molecule has 0 bridgehead atoms. The molecule has 1 amide bonds. The van der Waals surface area contributed by atoms with Gasteiger partial charge in [0, 0.05) is 0 Å². The lowest BCUT2D eigenvalue weighted by Gasteiger charge is -2.45. The van der Waals surface area contributed by atoms with Crippen LogP contribution in [0.3, 0.4) is 0 Å². The van der Waals surface area contributed by atoms with E-state index in [0.717, 1.165) is 17.0 Å². The fourth-order valence-electron chi connectivity index (χ4n) is 3.48. The van der Waals surface area contributed by atoms with Gasteiger partial charge in [-0.1, -0.05) is 12.1 Å². The van der Waals surface area contributed by atoms with Crippen molar-refractivity contribution in [3.8, 4) is 0 Å². The van der Waals surface area contributed by atoms with Gasteiger partial charge in [0.1, 0.15) is 5.60 Å². The highest BCUT2D eigenvalue weighted by molar-refractivity contribution is 6.62. The van der Waals surface area contributed by atoms with Crippen molar-refractivity contribution in [3.05, 3.63) is 29.3 Å². The first kappa shape index (κ1) is 23.8. The highest BCUT2D eigenvalue weighted by Crippen LogP contribution is 2.41. The van der Waals surface area contributed by atoms with Crippen molar-refractivity contribution in [2.24, 2.45) is 0 Å². The first-order chi connectivity index (χ1) is 13.8. The lowest BCUT2D eigenvalue weighted by molar-refractivity contribution is -0.137. The summed E-state index contributed by atoms with van der Waals surface area (Å²) in [6.07, 6.45) is -5.36. The summed E-state index contributed by atoms with van der Waals surface area (Å²) in [6.45, 7) is 11.4. The average molecular weight is 445 g/mol. The second kappa shape index (κ2) is 7.10. The van der Waals surface area contributed by atoms with Gasteiger partial charge in [0.2, 0.25) is 0 Å². The number of ether oxygens (including phenoxy) is 1. The molecular formula is C21H28BF4NO4. The van der Waals surface area contributed by atoms with Gasteiger partial charge in [-0.25, -0.2) is 9.18 Å². The molecule has 2 aliphatic heterocycles. The number of halogens is 4. The number of hydrogen-bond acceptors (Lipinski definition) is 4. The highest BCUT2D eigenvalue weighted by Gasteiger charge is 2.56. The van der Waals surface area contributed by atoms with Gasteiger partial charge in [0.05, 0.1) is 29.9 Å². The molecule has 0 saturated carbocycles. The zero-order chi connectivity index (χ0) is 23.6. The van der Waals surface area contributed by atoms with E-state index in [1.165, 1.54) is 6.07 Å². The van der Waals surface area contributed by atoms with E-state index in [0.29, 0.717) is 0 Å². The minimum Gasteiger partial charge on any atom is -0.444 e. The largest absolute Gasteiger partial charge is 0.495 e. The van der Waals surface area contributed by atoms with E-state index in [9.17, 15) is 18.0 Å². The van der Waals surface area contributed by atoms with E-state index in [4.69, 9.17) is 14.0 Å². The zero-order valence-electron chi connectivity index (χ0n) is 18.8. The third-order valence-corrected chi connectivity index (χ3v) is 5.91. The molecule has 0 spiro atoms. The Hall–Kier alpha value is -1.81. The Bertz CT molecular complexity index is 857. The summed E-state index contributed by atoms with van der Waals surface area (Å²) in [4.78, 5) is 13.3. The van der Waals surface area contributed by atoms with Crippen molar-refractivity contribution in [3.63, 3.8) is 0 Å². The quantitative estimate of drug-likeness (QED) is 0.500. The maximum absolute atomic E-state index is 15.8. The summed E-state index contributed by atoms with van der Waals surface area (Å²) < 4.78 is 73.0. The number of rotatable bonds is 2. The third kappa shape index (κ3) is 4.55. The van der Waals surface area contributed by atoms with Crippen LogP contribution in [-0.2, 0) is 25.9 Å². The minimum atomic E-state index is -4.64. The number of amides is 1. The van der Waals surface area contributed by atoms with Gasteiger partial charge in [0.15, 0.2) is 5.67 Å². The molecule has 2 fully saturated rings. The van der Waals surface area contributed by atoms with E-state index in [2.05, 4.69) is 0 Å². The number of alkyl halides is 4. The summed E-state index contributed by atoms with van der Waals surface area (Å²) >= 11 is 0.